The van der Waals surface area contributed by atoms with Crippen molar-refractivity contribution in [1.29, 1.82) is 0 Å². The third-order valence-corrected chi connectivity index (χ3v) is 4.43. The molecule has 0 aliphatic rings. The molecule has 0 spiro atoms. The molecular formula is C16H15FN2OS. The van der Waals surface area contributed by atoms with E-state index in [1.54, 1.807) is 6.92 Å². The summed E-state index contributed by atoms with van der Waals surface area (Å²) in [4.78, 5) is 17.8. The van der Waals surface area contributed by atoms with Crippen molar-refractivity contribution in [3.63, 3.8) is 0 Å². The zero-order valence-corrected chi connectivity index (χ0v) is 12.7. The monoisotopic (exact) mass is 302 g/mol. The SMILES string of the molecule is Cc1ccc(-c2csc3nc(C)n(CCF)c(=O)c23)cc1. The maximum atomic E-state index is 12.6. The number of hydrogen-bond donors (Lipinski definition) is 0. The molecule has 3 aromatic rings. The molecule has 5 heteroatoms. The van der Waals surface area contributed by atoms with Gasteiger partial charge < -0.3 is 0 Å². The van der Waals surface area contributed by atoms with Gasteiger partial charge in [-0.05, 0) is 19.4 Å². The van der Waals surface area contributed by atoms with Crippen molar-refractivity contribution in [1.82, 2.24) is 9.55 Å². The Morgan fingerprint density at radius 3 is 2.62 bits per heavy atom. The molecule has 3 rings (SSSR count). The molecule has 0 saturated heterocycles. The predicted molar refractivity (Wildman–Crippen MR) is 84.8 cm³/mol. The second-order valence-electron chi connectivity index (χ2n) is 5.00. The van der Waals surface area contributed by atoms with Crippen molar-refractivity contribution in [2.75, 3.05) is 6.67 Å². The number of thiophene rings is 1. The smallest absolute Gasteiger partial charge is 0.262 e. The molecule has 21 heavy (non-hydrogen) atoms. The quantitative estimate of drug-likeness (QED) is 0.739. The molecule has 0 N–H and O–H groups in total. The molecule has 0 fully saturated rings. The van der Waals surface area contributed by atoms with Gasteiger partial charge in [-0.25, -0.2) is 9.37 Å². The lowest BCUT2D eigenvalue weighted by Crippen LogP contribution is -2.24. The molecule has 2 aromatic heterocycles. The molecule has 108 valence electrons. The number of halogens is 1. The van der Waals surface area contributed by atoms with E-state index in [1.165, 1.54) is 21.5 Å². The van der Waals surface area contributed by atoms with Crippen molar-refractivity contribution in [2.45, 2.75) is 20.4 Å². The number of aryl methyl sites for hydroxylation is 2. The molecule has 3 nitrogen and oxygen atoms in total. The Labute approximate surface area is 125 Å². The van der Waals surface area contributed by atoms with E-state index in [0.29, 0.717) is 16.0 Å². The maximum absolute atomic E-state index is 12.6. The van der Waals surface area contributed by atoms with E-state index < -0.39 is 6.67 Å². The fourth-order valence-corrected chi connectivity index (χ4v) is 3.40. The Morgan fingerprint density at radius 1 is 1.24 bits per heavy atom. The van der Waals surface area contributed by atoms with Crippen LogP contribution in [0.5, 0.6) is 0 Å². The van der Waals surface area contributed by atoms with Gasteiger partial charge in [-0.15, -0.1) is 11.3 Å². The number of hydrogen-bond acceptors (Lipinski definition) is 3. The first-order valence-corrected chi connectivity index (χ1v) is 7.61. The Bertz CT molecular complexity index is 849. The predicted octanol–water partition coefficient (Wildman–Crippen LogP) is 3.71. The van der Waals surface area contributed by atoms with Crippen molar-refractivity contribution in [3.8, 4) is 11.1 Å². The summed E-state index contributed by atoms with van der Waals surface area (Å²) in [6.45, 7) is 3.24. The largest absolute Gasteiger partial charge is 0.294 e. The maximum Gasteiger partial charge on any atom is 0.262 e. The van der Waals surface area contributed by atoms with Crippen LogP contribution in [0.25, 0.3) is 21.3 Å². The lowest BCUT2D eigenvalue weighted by Gasteiger charge is -2.08. The average Bonchev–Trinajstić information content (AvgIpc) is 2.88. The minimum Gasteiger partial charge on any atom is -0.294 e. The number of nitrogens with zero attached hydrogens (tertiary/aromatic N) is 2. The van der Waals surface area contributed by atoms with E-state index in [9.17, 15) is 9.18 Å². The summed E-state index contributed by atoms with van der Waals surface area (Å²) < 4.78 is 14.1. The van der Waals surface area contributed by atoms with Gasteiger partial charge in [0.2, 0.25) is 0 Å². The van der Waals surface area contributed by atoms with Crippen molar-refractivity contribution in [2.24, 2.45) is 0 Å². The summed E-state index contributed by atoms with van der Waals surface area (Å²) in [5.41, 5.74) is 2.87. The van der Waals surface area contributed by atoms with Crippen molar-refractivity contribution >= 4 is 21.6 Å². The number of alkyl halides is 1. The fourth-order valence-electron chi connectivity index (χ4n) is 2.42. The molecule has 0 unspecified atom stereocenters. The lowest BCUT2D eigenvalue weighted by atomic mass is 10.1. The summed E-state index contributed by atoms with van der Waals surface area (Å²) >= 11 is 1.45. The van der Waals surface area contributed by atoms with Crippen LogP contribution in [0.2, 0.25) is 0 Å². The molecule has 0 aliphatic heterocycles. The molecule has 0 atom stereocenters. The van der Waals surface area contributed by atoms with Gasteiger partial charge in [0, 0.05) is 10.9 Å². The molecule has 2 heterocycles. The van der Waals surface area contributed by atoms with Gasteiger partial charge in [-0.2, -0.15) is 0 Å². The van der Waals surface area contributed by atoms with Crippen LogP contribution in [0.3, 0.4) is 0 Å². The Hall–Kier alpha value is -2.01. The first kappa shape index (κ1) is 13.9. The van der Waals surface area contributed by atoms with Crippen LogP contribution >= 0.6 is 11.3 Å². The fraction of sp³-hybridized carbons (Fsp3) is 0.250. The van der Waals surface area contributed by atoms with Gasteiger partial charge in [-0.3, -0.25) is 9.36 Å². The van der Waals surface area contributed by atoms with Crippen LogP contribution < -0.4 is 5.56 Å². The highest BCUT2D eigenvalue weighted by molar-refractivity contribution is 7.17. The minimum atomic E-state index is -0.571. The van der Waals surface area contributed by atoms with Crippen LogP contribution in [0.15, 0.2) is 34.4 Å². The number of fused-ring (bicyclic) bond motifs is 1. The zero-order chi connectivity index (χ0) is 15.0. The van der Waals surface area contributed by atoms with E-state index in [-0.39, 0.29) is 12.1 Å². The molecule has 0 radical (unpaired) electrons. The minimum absolute atomic E-state index is 0.0524. The molecular weight excluding hydrogens is 287 g/mol. The Kier molecular flexibility index (Phi) is 3.59. The third-order valence-electron chi connectivity index (χ3n) is 3.56. The average molecular weight is 302 g/mol. The van der Waals surface area contributed by atoms with Crippen molar-refractivity contribution < 1.29 is 4.39 Å². The van der Waals surface area contributed by atoms with Crippen LogP contribution in [0.4, 0.5) is 4.39 Å². The highest BCUT2D eigenvalue weighted by Crippen LogP contribution is 2.31. The van der Waals surface area contributed by atoms with Gasteiger partial charge in [0.15, 0.2) is 0 Å². The highest BCUT2D eigenvalue weighted by atomic mass is 32.1. The lowest BCUT2D eigenvalue weighted by molar-refractivity contribution is 0.435. The molecule has 0 aliphatic carbocycles. The first-order chi connectivity index (χ1) is 10.1. The van der Waals surface area contributed by atoms with Gasteiger partial charge in [0.25, 0.3) is 5.56 Å². The number of rotatable bonds is 3. The van der Waals surface area contributed by atoms with Crippen LogP contribution in [0, 0.1) is 13.8 Å². The zero-order valence-electron chi connectivity index (χ0n) is 11.9. The molecule has 0 saturated carbocycles. The summed E-state index contributed by atoms with van der Waals surface area (Å²) in [6, 6.07) is 8.02. The topological polar surface area (TPSA) is 34.9 Å². The Balaban J connectivity index is 2.28. The van der Waals surface area contributed by atoms with Gasteiger partial charge in [0.1, 0.15) is 17.3 Å². The second-order valence-corrected chi connectivity index (χ2v) is 5.86. The third kappa shape index (κ3) is 2.38. The standard InChI is InChI=1S/C16H15FN2OS/c1-10-3-5-12(6-4-10)13-9-21-15-14(13)16(20)19(8-7-17)11(2)18-15/h3-6,9H,7-8H2,1-2H3. The summed E-state index contributed by atoms with van der Waals surface area (Å²) in [6.07, 6.45) is 0. The van der Waals surface area contributed by atoms with E-state index in [0.717, 1.165) is 11.1 Å². The first-order valence-electron chi connectivity index (χ1n) is 6.73. The van der Waals surface area contributed by atoms with Crippen molar-refractivity contribution in [3.05, 3.63) is 51.4 Å². The summed E-state index contributed by atoms with van der Waals surface area (Å²) in [7, 11) is 0. The van der Waals surface area contributed by atoms with Gasteiger partial charge >= 0.3 is 0 Å². The Morgan fingerprint density at radius 2 is 1.95 bits per heavy atom. The second kappa shape index (κ2) is 5.41. The van der Waals surface area contributed by atoms with Crippen LogP contribution in [-0.2, 0) is 6.54 Å². The van der Waals surface area contributed by atoms with E-state index >= 15 is 0 Å². The number of benzene rings is 1. The normalized spacial score (nSPS) is 11.2. The molecule has 0 amide bonds. The van der Waals surface area contributed by atoms with E-state index in [4.69, 9.17) is 0 Å². The van der Waals surface area contributed by atoms with E-state index in [2.05, 4.69) is 4.98 Å². The summed E-state index contributed by atoms with van der Waals surface area (Å²) in [5, 5.41) is 2.53. The number of aromatic nitrogens is 2. The van der Waals surface area contributed by atoms with Gasteiger partial charge in [-0.1, -0.05) is 29.8 Å². The van der Waals surface area contributed by atoms with Crippen LogP contribution in [-0.4, -0.2) is 16.2 Å². The molecule has 0 bridgehead atoms. The molecule has 1 aromatic carbocycles. The van der Waals surface area contributed by atoms with E-state index in [1.807, 2.05) is 36.6 Å². The van der Waals surface area contributed by atoms with Gasteiger partial charge in [0.05, 0.1) is 11.9 Å². The van der Waals surface area contributed by atoms with Crippen LogP contribution in [0.1, 0.15) is 11.4 Å². The summed E-state index contributed by atoms with van der Waals surface area (Å²) in [5.74, 6) is 0.558. The highest BCUT2D eigenvalue weighted by Gasteiger charge is 2.15.